The Kier molecular flexibility index (Phi) is 14.0. The Labute approximate surface area is 262 Å². The third-order valence-corrected chi connectivity index (χ3v) is 8.50. The average molecular weight is 603 g/mol. The number of aliphatic hydroxyl groups excluding tert-OH is 2. The van der Waals surface area contributed by atoms with Gasteiger partial charge in [-0.3, -0.25) is 0 Å². The van der Waals surface area contributed by atoms with E-state index >= 15 is 0 Å². The van der Waals surface area contributed by atoms with E-state index in [4.69, 9.17) is 0 Å². The summed E-state index contributed by atoms with van der Waals surface area (Å²) in [7, 11) is 0. The van der Waals surface area contributed by atoms with E-state index in [2.05, 4.69) is 33.0 Å². The van der Waals surface area contributed by atoms with E-state index in [9.17, 15) is 20.1 Å². The van der Waals surface area contributed by atoms with Crippen LogP contribution in [0.2, 0.25) is 0 Å². The van der Waals surface area contributed by atoms with Crippen molar-refractivity contribution in [3.63, 3.8) is 0 Å². The molecule has 1 aliphatic rings. The van der Waals surface area contributed by atoms with Crippen LogP contribution in [0.5, 0.6) is 5.75 Å². The third-order valence-electron chi connectivity index (χ3n) is 8.50. The fourth-order valence-electron chi connectivity index (χ4n) is 5.98. The minimum Gasteiger partial charge on any atom is -0.508 e. The molecule has 0 aliphatic carbocycles. The molecule has 3 aromatic carbocycles. The number of hydrogen-bond acceptors (Lipinski definition) is 6. The van der Waals surface area contributed by atoms with Gasteiger partial charge in [-0.15, -0.1) is 0 Å². The lowest BCUT2D eigenvalue weighted by atomic mass is 10.0. The van der Waals surface area contributed by atoms with Crippen molar-refractivity contribution in [2.24, 2.45) is 0 Å². The smallest absolute Gasteiger partial charge is 0.319 e. The van der Waals surface area contributed by atoms with Gasteiger partial charge in [-0.05, 0) is 73.7 Å². The summed E-state index contributed by atoms with van der Waals surface area (Å²) in [5, 5.41) is 39.0. The second-order valence-electron chi connectivity index (χ2n) is 11.9. The lowest BCUT2D eigenvalue weighted by molar-refractivity contribution is 0.170. The van der Waals surface area contributed by atoms with Gasteiger partial charge in [0.25, 0.3) is 0 Å². The molecule has 4 rings (SSSR count). The lowest BCUT2D eigenvalue weighted by Gasteiger charge is -2.32. The van der Waals surface area contributed by atoms with Crippen LogP contribution in [-0.4, -0.2) is 65.0 Å². The van der Waals surface area contributed by atoms with Crippen LogP contribution in [0.1, 0.15) is 75.0 Å². The van der Waals surface area contributed by atoms with Gasteiger partial charge in [0, 0.05) is 31.2 Å². The molecule has 0 spiro atoms. The summed E-state index contributed by atoms with van der Waals surface area (Å²) >= 11 is 0. The van der Waals surface area contributed by atoms with E-state index in [-0.39, 0.29) is 24.4 Å². The highest BCUT2D eigenvalue weighted by atomic mass is 16.3. The van der Waals surface area contributed by atoms with Crippen LogP contribution in [0.4, 0.5) is 10.5 Å². The Bertz CT molecular complexity index is 1260. The van der Waals surface area contributed by atoms with Crippen LogP contribution in [0.3, 0.4) is 0 Å². The molecule has 0 unspecified atom stereocenters. The van der Waals surface area contributed by atoms with Crippen molar-refractivity contribution in [2.75, 3.05) is 38.0 Å². The minimum atomic E-state index is -0.701. The third kappa shape index (κ3) is 10.9. The van der Waals surface area contributed by atoms with Crippen LogP contribution in [0.25, 0.3) is 11.1 Å². The first-order valence-electron chi connectivity index (χ1n) is 16.3. The molecular weight excluding hydrogens is 552 g/mol. The minimum absolute atomic E-state index is 0.0933. The molecule has 6 N–H and O–H groups in total. The van der Waals surface area contributed by atoms with Crippen molar-refractivity contribution in [1.82, 2.24) is 15.5 Å². The maximum atomic E-state index is 12.8. The Morgan fingerprint density at radius 2 is 1.55 bits per heavy atom. The van der Waals surface area contributed by atoms with Gasteiger partial charge in [0.15, 0.2) is 0 Å². The van der Waals surface area contributed by atoms with Crippen LogP contribution in [0.15, 0.2) is 72.8 Å². The van der Waals surface area contributed by atoms with E-state index in [1.807, 2.05) is 42.5 Å². The molecule has 1 saturated heterocycles. The highest BCUT2D eigenvalue weighted by Gasteiger charge is 2.21. The molecule has 8 nitrogen and oxygen atoms in total. The maximum Gasteiger partial charge on any atom is 0.319 e. The number of carbonyl (C=O) groups excluding carboxylic acids is 1. The molecule has 0 aromatic heterocycles. The average Bonchev–Trinajstić information content (AvgIpc) is 3.04. The molecule has 1 aliphatic heterocycles. The summed E-state index contributed by atoms with van der Waals surface area (Å²) in [5.41, 5.74) is 4.14. The van der Waals surface area contributed by atoms with Gasteiger partial charge in [0.2, 0.25) is 0 Å². The standard InChI is InChI=1S/C36H50N4O4/c41-27-29-25-31(42)17-18-33(29)35(43)26-37-21-11-4-2-1-3-5-12-22-40-23-19-30(20-24-40)38-36(44)39-34-16-10-9-15-32(34)28-13-7-6-8-14-28/h6-10,13-18,25,30,35,37,41-43H,1-5,11-12,19-24,26-27H2,(H2,38,39,44)/t35-/m0/s1. The number of anilines is 1. The van der Waals surface area contributed by atoms with Gasteiger partial charge in [0.1, 0.15) is 5.75 Å². The fraction of sp³-hybridized carbons (Fsp3) is 0.472. The number of amides is 2. The molecule has 0 bridgehead atoms. The molecule has 8 heteroatoms. The first kappa shape index (κ1) is 33.5. The molecular formula is C36H50N4O4. The molecule has 238 valence electrons. The number of aromatic hydroxyl groups is 1. The molecule has 1 atom stereocenters. The predicted molar refractivity (Wildman–Crippen MR) is 178 cm³/mol. The van der Waals surface area contributed by atoms with E-state index in [1.165, 1.54) is 50.7 Å². The Morgan fingerprint density at radius 3 is 2.30 bits per heavy atom. The normalized spacial score (nSPS) is 14.8. The van der Waals surface area contributed by atoms with Crippen molar-refractivity contribution in [2.45, 2.75) is 76.5 Å². The second-order valence-corrected chi connectivity index (χ2v) is 11.9. The first-order chi connectivity index (χ1) is 21.5. The Balaban J connectivity index is 0.991. The van der Waals surface area contributed by atoms with Gasteiger partial charge in [0.05, 0.1) is 18.4 Å². The number of hydrogen-bond donors (Lipinski definition) is 6. The Hall–Kier alpha value is -3.43. The first-order valence-corrected chi connectivity index (χ1v) is 16.3. The van der Waals surface area contributed by atoms with Crippen molar-refractivity contribution >= 4 is 11.7 Å². The van der Waals surface area contributed by atoms with Crippen molar-refractivity contribution < 1.29 is 20.1 Å². The van der Waals surface area contributed by atoms with Gasteiger partial charge < -0.3 is 36.2 Å². The number of likely N-dealkylation sites (tertiary alicyclic amines) is 1. The fourth-order valence-corrected chi connectivity index (χ4v) is 5.98. The largest absolute Gasteiger partial charge is 0.508 e. The molecule has 44 heavy (non-hydrogen) atoms. The number of piperidine rings is 1. The van der Waals surface area contributed by atoms with Crippen LogP contribution < -0.4 is 16.0 Å². The zero-order chi connectivity index (χ0) is 31.0. The number of phenolic OH excluding ortho intramolecular Hbond substituents is 1. The predicted octanol–water partition coefficient (Wildman–Crippen LogP) is 6.19. The van der Waals surface area contributed by atoms with Crippen molar-refractivity contribution in [1.29, 1.82) is 0 Å². The summed E-state index contributed by atoms with van der Waals surface area (Å²) < 4.78 is 0. The van der Waals surface area contributed by atoms with E-state index in [0.29, 0.717) is 17.7 Å². The van der Waals surface area contributed by atoms with Gasteiger partial charge in [-0.2, -0.15) is 0 Å². The topological polar surface area (TPSA) is 117 Å². The van der Waals surface area contributed by atoms with Crippen molar-refractivity contribution in [3.05, 3.63) is 83.9 Å². The monoisotopic (exact) mass is 602 g/mol. The van der Waals surface area contributed by atoms with Crippen LogP contribution in [0, 0.1) is 0 Å². The van der Waals surface area contributed by atoms with Crippen molar-refractivity contribution in [3.8, 4) is 16.9 Å². The van der Waals surface area contributed by atoms with E-state index in [0.717, 1.165) is 62.3 Å². The molecule has 1 fully saturated rings. The molecule has 0 radical (unpaired) electrons. The summed E-state index contributed by atoms with van der Waals surface area (Å²) in [6, 6.07) is 22.8. The number of carbonyl (C=O) groups is 1. The maximum absolute atomic E-state index is 12.8. The summed E-state index contributed by atoms with van der Waals surface area (Å²) in [5.74, 6) is 0.0933. The van der Waals surface area contributed by atoms with E-state index in [1.54, 1.807) is 6.07 Å². The molecule has 1 heterocycles. The number of unbranched alkanes of at least 4 members (excludes halogenated alkanes) is 6. The lowest BCUT2D eigenvalue weighted by Crippen LogP contribution is -2.46. The van der Waals surface area contributed by atoms with Crippen LogP contribution >= 0.6 is 0 Å². The summed E-state index contributed by atoms with van der Waals surface area (Å²) in [6.07, 6.45) is 9.74. The van der Waals surface area contributed by atoms with E-state index < -0.39 is 6.10 Å². The number of para-hydroxylation sites is 1. The molecule has 2 amide bonds. The number of rotatable bonds is 17. The van der Waals surface area contributed by atoms with Gasteiger partial charge >= 0.3 is 6.03 Å². The summed E-state index contributed by atoms with van der Waals surface area (Å²) in [6.45, 7) is 4.28. The number of benzene rings is 3. The number of urea groups is 1. The second kappa shape index (κ2) is 18.4. The molecule has 0 saturated carbocycles. The zero-order valence-corrected chi connectivity index (χ0v) is 25.9. The molecule has 3 aromatic rings. The summed E-state index contributed by atoms with van der Waals surface area (Å²) in [4.78, 5) is 15.3. The number of nitrogens with one attached hydrogen (secondary N) is 3. The van der Waals surface area contributed by atoms with Gasteiger partial charge in [-0.25, -0.2) is 4.79 Å². The van der Waals surface area contributed by atoms with Crippen LogP contribution in [-0.2, 0) is 6.61 Å². The SMILES string of the molecule is O=C(Nc1ccccc1-c1ccccc1)NC1CCN(CCCCCCCCCNC[C@H](O)c2ccc(O)cc2CO)CC1. The highest BCUT2D eigenvalue weighted by molar-refractivity contribution is 5.94. The number of phenols is 1. The number of nitrogens with zero attached hydrogens (tertiary/aromatic N) is 1. The highest BCUT2D eigenvalue weighted by Crippen LogP contribution is 2.27. The quantitative estimate of drug-likeness (QED) is 0.103. The number of aliphatic hydroxyl groups is 2. The zero-order valence-electron chi connectivity index (χ0n) is 25.9. The Morgan fingerprint density at radius 1 is 0.864 bits per heavy atom. The van der Waals surface area contributed by atoms with Gasteiger partial charge in [-0.1, -0.05) is 86.7 Å².